The van der Waals surface area contributed by atoms with Gasteiger partial charge in [0, 0.05) is 22.4 Å². The van der Waals surface area contributed by atoms with Gasteiger partial charge in [0.1, 0.15) is 0 Å². The van der Waals surface area contributed by atoms with Gasteiger partial charge in [-0.25, -0.2) is 4.98 Å². The quantitative estimate of drug-likeness (QED) is 0.610. The van der Waals surface area contributed by atoms with Crippen molar-refractivity contribution in [1.82, 2.24) is 4.98 Å². The van der Waals surface area contributed by atoms with E-state index in [2.05, 4.69) is 15.6 Å². The zero-order chi connectivity index (χ0) is 20.0. The van der Waals surface area contributed by atoms with Crippen molar-refractivity contribution in [3.8, 4) is 0 Å². The molecular formula is C20H27N3O2S2. The Morgan fingerprint density at radius 3 is 2.59 bits per heavy atom. The maximum atomic E-state index is 12.5. The Kier molecular flexibility index (Phi) is 7.44. The highest BCUT2D eigenvalue weighted by Crippen LogP contribution is 2.29. The summed E-state index contributed by atoms with van der Waals surface area (Å²) in [6.45, 7) is 9.99. The fourth-order valence-electron chi connectivity index (χ4n) is 2.42. The van der Waals surface area contributed by atoms with E-state index < -0.39 is 0 Å². The van der Waals surface area contributed by atoms with Gasteiger partial charge in [0.05, 0.1) is 10.9 Å². The number of nitrogens with zero attached hydrogens (tertiary/aromatic N) is 1. The lowest BCUT2D eigenvalue weighted by molar-refractivity contribution is -0.118. The van der Waals surface area contributed by atoms with Crippen LogP contribution in [0.3, 0.4) is 0 Å². The third-order valence-electron chi connectivity index (χ3n) is 3.60. The smallest absolute Gasteiger partial charge is 0.239 e. The minimum Gasteiger partial charge on any atom is -0.326 e. The van der Waals surface area contributed by atoms with Crippen LogP contribution in [0.15, 0.2) is 34.5 Å². The van der Waals surface area contributed by atoms with E-state index in [4.69, 9.17) is 0 Å². The number of thioether (sulfide) groups is 1. The van der Waals surface area contributed by atoms with Gasteiger partial charge in [-0.3, -0.25) is 9.59 Å². The molecule has 0 aliphatic heterocycles. The molecule has 2 N–H and O–H groups in total. The molecule has 1 atom stereocenters. The minimum absolute atomic E-state index is 0.00595. The summed E-state index contributed by atoms with van der Waals surface area (Å²) in [5.74, 6) is -0.0624. The lowest BCUT2D eigenvalue weighted by Crippen LogP contribution is -2.24. The minimum atomic E-state index is -0.227. The fraction of sp³-hybridized carbons (Fsp3) is 0.450. The molecule has 1 unspecified atom stereocenters. The number of anilines is 2. The van der Waals surface area contributed by atoms with Gasteiger partial charge in [-0.2, -0.15) is 0 Å². The summed E-state index contributed by atoms with van der Waals surface area (Å²) in [5, 5.41) is 8.13. The molecule has 0 saturated heterocycles. The number of carbonyl (C=O) groups is 2. The topological polar surface area (TPSA) is 71.1 Å². The van der Waals surface area contributed by atoms with E-state index in [9.17, 15) is 9.59 Å². The van der Waals surface area contributed by atoms with Gasteiger partial charge in [0.2, 0.25) is 11.8 Å². The van der Waals surface area contributed by atoms with Gasteiger partial charge < -0.3 is 10.6 Å². The predicted octanol–water partition coefficient (Wildman–Crippen LogP) is 5.34. The third-order valence-corrected chi connectivity index (χ3v) is 5.83. The first-order chi connectivity index (χ1) is 12.7. The van der Waals surface area contributed by atoms with Crippen LogP contribution in [0.4, 0.5) is 10.8 Å². The zero-order valence-corrected chi connectivity index (χ0v) is 18.1. The number of carbonyl (C=O) groups excluding carboxylic acids is 2. The molecule has 2 aromatic rings. The summed E-state index contributed by atoms with van der Waals surface area (Å²) in [6, 6.07) is 7.62. The average Bonchev–Trinajstić information content (AvgIpc) is 2.95. The number of aryl methyl sites for hydroxylation is 1. The molecule has 0 bridgehead atoms. The van der Waals surface area contributed by atoms with Crippen molar-refractivity contribution in [3.63, 3.8) is 0 Å². The largest absolute Gasteiger partial charge is 0.326 e. The van der Waals surface area contributed by atoms with Gasteiger partial charge in [0.25, 0.3) is 0 Å². The number of thiazole rings is 1. The standard InChI is InChI=1S/C20H27N3O2S2/c1-6-16(18(25)23-19-21-13(2)12-26-19)27-15-9-7-8-14(10-15)22-17(24)11-20(3,4)5/h7-10,12,16H,6,11H2,1-5H3,(H,22,24)(H,21,23,25). The normalized spacial score (nSPS) is 12.5. The highest BCUT2D eigenvalue weighted by Gasteiger charge is 2.20. The predicted molar refractivity (Wildman–Crippen MR) is 115 cm³/mol. The first-order valence-corrected chi connectivity index (χ1v) is 10.7. The molecule has 146 valence electrons. The van der Waals surface area contributed by atoms with Crippen LogP contribution in [0.2, 0.25) is 0 Å². The summed E-state index contributed by atoms with van der Waals surface area (Å²) < 4.78 is 0. The van der Waals surface area contributed by atoms with Gasteiger partial charge in [-0.1, -0.05) is 33.8 Å². The van der Waals surface area contributed by atoms with Crippen molar-refractivity contribution in [1.29, 1.82) is 0 Å². The second kappa shape index (κ2) is 9.37. The van der Waals surface area contributed by atoms with Crippen molar-refractivity contribution in [2.24, 2.45) is 5.41 Å². The first-order valence-electron chi connectivity index (χ1n) is 8.96. The van der Waals surface area contributed by atoms with Crippen LogP contribution >= 0.6 is 23.1 Å². The number of hydrogen-bond acceptors (Lipinski definition) is 5. The van der Waals surface area contributed by atoms with E-state index in [1.807, 2.05) is 64.3 Å². The Hall–Kier alpha value is -1.86. The van der Waals surface area contributed by atoms with Crippen LogP contribution in [0, 0.1) is 12.3 Å². The average molecular weight is 406 g/mol. The maximum Gasteiger partial charge on any atom is 0.239 e. The van der Waals surface area contributed by atoms with Crippen LogP contribution in [0.25, 0.3) is 0 Å². The van der Waals surface area contributed by atoms with Gasteiger partial charge in [-0.15, -0.1) is 23.1 Å². The van der Waals surface area contributed by atoms with Crippen LogP contribution in [-0.4, -0.2) is 22.0 Å². The van der Waals surface area contributed by atoms with Crippen molar-refractivity contribution < 1.29 is 9.59 Å². The summed E-state index contributed by atoms with van der Waals surface area (Å²) in [6.07, 6.45) is 1.15. The highest BCUT2D eigenvalue weighted by atomic mass is 32.2. The van der Waals surface area contributed by atoms with E-state index in [0.29, 0.717) is 18.0 Å². The Morgan fingerprint density at radius 2 is 2.00 bits per heavy atom. The molecule has 0 aliphatic carbocycles. The van der Waals surface area contributed by atoms with Gasteiger partial charge >= 0.3 is 0 Å². The van der Waals surface area contributed by atoms with Crippen molar-refractivity contribution in [2.45, 2.75) is 57.6 Å². The number of aromatic nitrogens is 1. The molecule has 2 rings (SSSR count). The molecule has 1 aromatic heterocycles. The molecule has 5 nitrogen and oxygen atoms in total. The molecule has 0 radical (unpaired) electrons. The maximum absolute atomic E-state index is 12.5. The van der Waals surface area contributed by atoms with E-state index in [1.165, 1.54) is 23.1 Å². The molecule has 1 aromatic carbocycles. The molecule has 7 heteroatoms. The summed E-state index contributed by atoms with van der Waals surface area (Å²) in [5.41, 5.74) is 1.59. The summed E-state index contributed by atoms with van der Waals surface area (Å²) in [4.78, 5) is 29.9. The van der Waals surface area contributed by atoms with E-state index in [1.54, 1.807) is 0 Å². The Bertz CT molecular complexity index is 797. The number of benzene rings is 1. The van der Waals surface area contributed by atoms with Crippen molar-refractivity contribution in [3.05, 3.63) is 35.3 Å². The fourth-order valence-corrected chi connectivity index (χ4v) is 4.12. The monoisotopic (exact) mass is 405 g/mol. The zero-order valence-electron chi connectivity index (χ0n) is 16.5. The SMILES string of the molecule is CCC(Sc1cccc(NC(=O)CC(C)(C)C)c1)C(=O)Nc1nc(C)cs1. The second-order valence-corrected chi connectivity index (χ2v) is 9.75. The van der Waals surface area contributed by atoms with Crippen molar-refractivity contribution in [2.75, 3.05) is 10.6 Å². The van der Waals surface area contributed by atoms with Crippen LogP contribution < -0.4 is 10.6 Å². The molecule has 1 heterocycles. The lowest BCUT2D eigenvalue weighted by atomic mass is 9.92. The number of nitrogens with one attached hydrogen (secondary N) is 2. The first kappa shape index (κ1) is 21.4. The van der Waals surface area contributed by atoms with Gasteiger partial charge in [0.15, 0.2) is 5.13 Å². The Labute approximate surface area is 169 Å². The summed E-state index contributed by atoms with van der Waals surface area (Å²) >= 11 is 2.92. The second-order valence-electron chi connectivity index (χ2n) is 7.61. The van der Waals surface area contributed by atoms with E-state index >= 15 is 0 Å². The molecule has 0 saturated carbocycles. The van der Waals surface area contributed by atoms with Crippen LogP contribution in [0.5, 0.6) is 0 Å². The highest BCUT2D eigenvalue weighted by molar-refractivity contribution is 8.00. The third kappa shape index (κ3) is 7.34. The number of hydrogen-bond donors (Lipinski definition) is 2. The Balaban J connectivity index is 2.00. The molecule has 2 amide bonds. The van der Waals surface area contributed by atoms with Crippen LogP contribution in [-0.2, 0) is 9.59 Å². The Morgan fingerprint density at radius 1 is 1.26 bits per heavy atom. The van der Waals surface area contributed by atoms with Gasteiger partial charge in [-0.05, 0) is 37.0 Å². The molecule has 0 spiro atoms. The molecule has 27 heavy (non-hydrogen) atoms. The van der Waals surface area contributed by atoms with Crippen LogP contribution in [0.1, 0.15) is 46.2 Å². The lowest BCUT2D eigenvalue weighted by Gasteiger charge is -2.18. The number of rotatable bonds is 7. The van der Waals surface area contributed by atoms with E-state index in [-0.39, 0.29) is 22.5 Å². The molecule has 0 aliphatic rings. The summed E-state index contributed by atoms with van der Waals surface area (Å²) in [7, 11) is 0. The molecule has 0 fully saturated rings. The van der Waals surface area contributed by atoms with E-state index in [0.717, 1.165) is 16.3 Å². The van der Waals surface area contributed by atoms with Crippen molar-refractivity contribution >= 4 is 45.7 Å². The number of amides is 2. The molecular weight excluding hydrogens is 378 g/mol.